The summed E-state index contributed by atoms with van der Waals surface area (Å²) in [5, 5.41) is 0. The first-order valence-corrected chi connectivity index (χ1v) is 8.14. The second kappa shape index (κ2) is 7.88. The number of morpholine rings is 1. The number of hydrogen-bond acceptors (Lipinski definition) is 6. The van der Waals surface area contributed by atoms with Crippen molar-refractivity contribution in [3.05, 3.63) is 30.0 Å². The minimum Gasteiger partial charge on any atom is -0.481 e. The molecular weight excluding hydrogens is 316 g/mol. The Kier molecular flexibility index (Phi) is 5.61. The fourth-order valence-electron chi connectivity index (χ4n) is 2.85. The number of rotatable bonds is 6. The summed E-state index contributed by atoms with van der Waals surface area (Å²) in [7, 11) is 1.63. The Balaban J connectivity index is 1.69. The number of aromatic nitrogens is 2. The van der Waals surface area contributed by atoms with Crippen molar-refractivity contribution in [2.75, 3.05) is 39.9 Å². The van der Waals surface area contributed by atoms with Gasteiger partial charge in [-0.2, -0.15) is 0 Å². The molecule has 2 aromatic heterocycles. The molecule has 23 heavy (non-hydrogen) atoms. The number of halogens is 1. The monoisotopic (exact) mass is 336 g/mol. The molecule has 1 unspecified atom stereocenters. The Bertz CT molecular complexity index is 653. The third kappa shape index (κ3) is 4.09. The zero-order chi connectivity index (χ0) is 16.1. The normalized spacial score (nSPS) is 19.1. The molecule has 1 aliphatic heterocycles. The molecule has 0 amide bonds. The van der Waals surface area contributed by atoms with Gasteiger partial charge in [-0.05, 0) is 35.9 Å². The van der Waals surface area contributed by atoms with Gasteiger partial charge in [0.25, 0.3) is 0 Å². The molecule has 0 radical (unpaired) electrons. The Morgan fingerprint density at radius 3 is 3.17 bits per heavy atom. The van der Waals surface area contributed by atoms with E-state index in [0.29, 0.717) is 12.4 Å². The number of pyridine rings is 2. The third-order valence-electron chi connectivity index (χ3n) is 4.08. The van der Waals surface area contributed by atoms with Crippen LogP contribution in [-0.4, -0.2) is 60.9 Å². The van der Waals surface area contributed by atoms with Crippen molar-refractivity contribution in [3.8, 4) is 5.88 Å². The molecule has 1 N–H and O–H groups in total. The lowest BCUT2D eigenvalue weighted by atomic mass is 10.1. The zero-order valence-corrected chi connectivity index (χ0v) is 13.9. The van der Waals surface area contributed by atoms with Crippen LogP contribution in [0.5, 0.6) is 5.88 Å². The second-order valence-corrected chi connectivity index (χ2v) is 5.84. The van der Waals surface area contributed by atoms with Crippen LogP contribution in [0.4, 0.5) is 0 Å². The summed E-state index contributed by atoms with van der Waals surface area (Å²) in [5.74, 6) is 0.617. The van der Waals surface area contributed by atoms with Crippen LogP contribution in [0.2, 0.25) is 0 Å². The summed E-state index contributed by atoms with van der Waals surface area (Å²) in [5.41, 5.74) is 3.00. The van der Waals surface area contributed by atoms with E-state index < -0.39 is 0 Å². The van der Waals surface area contributed by atoms with Crippen LogP contribution >= 0.6 is 11.8 Å². The predicted octanol–water partition coefficient (Wildman–Crippen LogP) is 1.63. The first-order valence-electron chi connectivity index (χ1n) is 7.76. The Morgan fingerprint density at radius 1 is 1.43 bits per heavy atom. The van der Waals surface area contributed by atoms with Crippen molar-refractivity contribution in [1.29, 1.82) is 0 Å². The van der Waals surface area contributed by atoms with E-state index in [4.69, 9.17) is 21.3 Å². The molecule has 3 heterocycles. The van der Waals surface area contributed by atoms with Crippen LogP contribution in [0, 0.1) is 0 Å². The quantitative estimate of drug-likeness (QED) is 0.809. The van der Waals surface area contributed by atoms with E-state index in [1.807, 2.05) is 24.4 Å². The number of hydrogen-bond donors (Lipinski definition) is 1. The topological polar surface area (TPSA) is 59.5 Å². The fourth-order valence-corrected chi connectivity index (χ4v) is 3.02. The van der Waals surface area contributed by atoms with Crippen molar-refractivity contribution in [2.45, 2.75) is 12.5 Å². The lowest BCUT2D eigenvalue weighted by Crippen LogP contribution is -2.46. The number of nitrogens with one attached hydrogen (secondary N) is 1. The van der Waals surface area contributed by atoms with E-state index in [0.717, 1.165) is 43.7 Å². The van der Waals surface area contributed by atoms with Gasteiger partial charge in [-0.1, -0.05) is 0 Å². The van der Waals surface area contributed by atoms with Gasteiger partial charge in [0.2, 0.25) is 5.88 Å². The zero-order valence-electron chi connectivity index (χ0n) is 13.2. The van der Waals surface area contributed by atoms with Crippen molar-refractivity contribution >= 4 is 22.8 Å². The summed E-state index contributed by atoms with van der Waals surface area (Å²) >= 11 is 5.57. The van der Waals surface area contributed by atoms with E-state index in [1.165, 1.54) is 5.56 Å². The number of methoxy groups -OCH3 is 1. The van der Waals surface area contributed by atoms with Crippen molar-refractivity contribution in [3.63, 3.8) is 0 Å². The molecular formula is C16H21ClN4O2. The molecule has 0 aromatic carbocycles. The molecule has 6 nitrogen and oxygen atoms in total. The highest BCUT2D eigenvalue weighted by Crippen LogP contribution is 2.19. The molecule has 1 aliphatic rings. The average molecular weight is 337 g/mol. The highest BCUT2D eigenvalue weighted by Gasteiger charge is 2.20. The lowest BCUT2D eigenvalue weighted by molar-refractivity contribution is -0.0242. The van der Waals surface area contributed by atoms with Gasteiger partial charge in [-0.3, -0.25) is 9.88 Å². The fraction of sp³-hybridized carbons (Fsp3) is 0.500. The summed E-state index contributed by atoms with van der Waals surface area (Å²) in [6, 6.07) is 5.82. The SMILES string of the molecule is COc1ccc2nccc(CCN3CCOC(CNCl)C3)c2n1. The van der Waals surface area contributed by atoms with Crippen molar-refractivity contribution in [2.24, 2.45) is 0 Å². The molecule has 7 heteroatoms. The van der Waals surface area contributed by atoms with Gasteiger partial charge < -0.3 is 9.47 Å². The van der Waals surface area contributed by atoms with E-state index in [9.17, 15) is 0 Å². The van der Waals surface area contributed by atoms with Crippen molar-refractivity contribution in [1.82, 2.24) is 19.7 Å². The maximum atomic E-state index is 5.67. The predicted molar refractivity (Wildman–Crippen MR) is 89.8 cm³/mol. The lowest BCUT2D eigenvalue weighted by Gasteiger charge is -2.32. The van der Waals surface area contributed by atoms with Gasteiger partial charge >= 0.3 is 0 Å². The van der Waals surface area contributed by atoms with E-state index in [1.54, 1.807) is 7.11 Å². The minimum absolute atomic E-state index is 0.147. The maximum absolute atomic E-state index is 5.67. The smallest absolute Gasteiger partial charge is 0.213 e. The summed E-state index contributed by atoms with van der Waals surface area (Å²) < 4.78 is 10.9. The van der Waals surface area contributed by atoms with Crippen LogP contribution in [0.15, 0.2) is 24.4 Å². The maximum Gasteiger partial charge on any atom is 0.213 e. The molecule has 1 fully saturated rings. The summed E-state index contributed by atoms with van der Waals surface area (Å²) in [6.07, 6.45) is 2.90. The van der Waals surface area contributed by atoms with Gasteiger partial charge in [0, 0.05) is 38.4 Å². The Morgan fingerprint density at radius 2 is 2.35 bits per heavy atom. The van der Waals surface area contributed by atoms with E-state index in [2.05, 4.69) is 19.7 Å². The van der Waals surface area contributed by atoms with E-state index >= 15 is 0 Å². The molecule has 2 aromatic rings. The second-order valence-electron chi connectivity index (χ2n) is 5.57. The van der Waals surface area contributed by atoms with Crippen molar-refractivity contribution < 1.29 is 9.47 Å². The summed E-state index contributed by atoms with van der Waals surface area (Å²) in [4.78, 5) is 14.0. The number of ether oxygens (including phenoxy) is 2. The van der Waals surface area contributed by atoms with Crippen LogP contribution < -0.4 is 9.57 Å². The van der Waals surface area contributed by atoms with Gasteiger partial charge in [0.1, 0.15) is 0 Å². The highest BCUT2D eigenvalue weighted by molar-refractivity contribution is 6.13. The molecule has 124 valence electrons. The molecule has 0 bridgehead atoms. The Labute approximate surface area is 140 Å². The number of fused-ring (bicyclic) bond motifs is 1. The van der Waals surface area contributed by atoms with Gasteiger partial charge in [0.05, 0.1) is 30.9 Å². The first-order chi connectivity index (χ1) is 11.3. The molecule has 3 rings (SSSR count). The molecule has 1 atom stereocenters. The van der Waals surface area contributed by atoms with Gasteiger partial charge in [0.15, 0.2) is 0 Å². The molecule has 1 saturated heterocycles. The molecule has 0 saturated carbocycles. The molecule has 0 spiro atoms. The number of nitrogens with zero attached hydrogens (tertiary/aromatic N) is 3. The van der Waals surface area contributed by atoms with Crippen LogP contribution in [-0.2, 0) is 11.2 Å². The van der Waals surface area contributed by atoms with Crippen LogP contribution in [0.1, 0.15) is 5.56 Å². The van der Waals surface area contributed by atoms with Crippen LogP contribution in [0.3, 0.4) is 0 Å². The van der Waals surface area contributed by atoms with Gasteiger partial charge in [-0.25, -0.2) is 9.82 Å². The average Bonchev–Trinajstić information content (AvgIpc) is 2.60. The Hall–Kier alpha value is -1.47. The van der Waals surface area contributed by atoms with Crippen LogP contribution in [0.25, 0.3) is 11.0 Å². The third-order valence-corrected chi connectivity index (χ3v) is 4.23. The van der Waals surface area contributed by atoms with E-state index in [-0.39, 0.29) is 6.10 Å². The first kappa shape index (κ1) is 16.4. The minimum atomic E-state index is 0.147. The summed E-state index contributed by atoms with van der Waals surface area (Å²) in [6.45, 7) is 4.19. The molecule has 0 aliphatic carbocycles. The highest BCUT2D eigenvalue weighted by atomic mass is 35.5. The van der Waals surface area contributed by atoms with Gasteiger partial charge in [-0.15, -0.1) is 0 Å². The largest absolute Gasteiger partial charge is 0.481 e. The standard InChI is InChI=1S/C16H21ClN4O2/c1-22-15-3-2-14-16(20-15)12(4-6-18-14)5-7-21-8-9-23-13(11-21)10-19-17/h2-4,6,13,19H,5,7-11H2,1H3.